The largest absolute Gasteiger partial charge is 0.367 e. The molecule has 0 aliphatic heterocycles. The molecule has 1 heterocycles. The molecular weight excluding hydrogens is 248 g/mol. The summed E-state index contributed by atoms with van der Waals surface area (Å²) in [5, 5.41) is 3.27. The zero-order valence-corrected chi connectivity index (χ0v) is 12.8. The van der Waals surface area contributed by atoms with Crippen LogP contribution in [-0.4, -0.2) is 42.1 Å². The molecule has 108 valence electrons. The molecule has 0 bridgehead atoms. The van der Waals surface area contributed by atoms with Crippen molar-refractivity contribution >= 4 is 11.4 Å². The second kappa shape index (κ2) is 8.27. The Morgan fingerprint density at radius 1 is 1.40 bits per heavy atom. The van der Waals surface area contributed by atoms with Gasteiger partial charge in [-0.2, -0.15) is 0 Å². The Kier molecular flexibility index (Phi) is 6.67. The monoisotopic (exact) mass is 272 g/mol. The lowest BCUT2D eigenvalue weighted by Crippen LogP contribution is -2.21. The third kappa shape index (κ3) is 5.80. The summed E-state index contributed by atoms with van der Waals surface area (Å²) < 4.78 is 0. The van der Waals surface area contributed by atoms with Crippen LogP contribution < -0.4 is 5.32 Å². The summed E-state index contributed by atoms with van der Waals surface area (Å²) in [6, 6.07) is 0. The van der Waals surface area contributed by atoms with Crippen molar-refractivity contribution in [1.82, 2.24) is 14.9 Å². The predicted octanol–water partition coefficient (Wildman–Crippen LogP) is 2.99. The van der Waals surface area contributed by atoms with Gasteiger partial charge in [-0.25, -0.2) is 4.98 Å². The van der Waals surface area contributed by atoms with Crippen LogP contribution in [0, 0.1) is 0 Å². The van der Waals surface area contributed by atoms with Crippen molar-refractivity contribution < 1.29 is 0 Å². The molecule has 0 aromatic carbocycles. The molecule has 1 aromatic heterocycles. The number of anilines is 1. The molecule has 1 rings (SSSR count). The van der Waals surface area contributed by atoms with E-state index in [1.165, 1.54) is 0 Å². The van der Waals surface area contributed by atoms with Gasteiger partial charge in [0.05, 0.1) is 18.1 Å². The van der Waals surface area contributed by atoms with Crippen molar-refractivity contribution in [3.63, 3.8) is 0 Å². The van der Waals surface area contributed by atoms with Gasteiger partial charge in [0.2, 0.25) is 0 Å². The van der Waals surface area contributed by atoms with Crippen molar-refractivity contribution in [2.24, 2.45) is 0 Å². The lowest BCUT2D eigenvalue weighted by atomic mass is 10.1. The summed E-state index contributed by atoms with van der Waals surface area (Å²) >= 11 is 0. The minimum atomic E-state index is 0.800. The van der Waals surface area contributed by atoms with Crippen molar-refractivity contribution in [2.45, 2.75) is 13.8 Å². The summed E-state index contributed by atoms with van der Waals surface area (Å²) in [5.74, 6) is 0.800. The molecule has 0 aliphatic rings. The minimum absolute atomic E-state index is 0.800. The van der Waals surface area contributed by atoms with Gasteiger partial charge in [0.25, 0.3) is 0 Å². The topological polar surface area (TPSA) is 41.1 Å². The van der Waals surface area contributed by atoms with E-state index in [4.69, 9.17) is 0 Å². The zero-order valence-electron chi connectivity index (χ0n) is 12.8. The van der Waals surface area contributed by atoms with Crippen LogP contribution >= 0.6 is 0 Å². The molecule has 0 radical (unpaired) electrons. The number of hydrogen-bond donors (Lipinski definition) is 1. The SMILES string of the molecule is C=C(/C=C\C)/C=C(\C)c1cncc(NCCN(C)C)n1. The van der Waals surface area contributed by atoms with E-state index in [9.17, 15) is 0 Å². The lowest BCUT2D eigenvalue weighted by molar-refractivity contribution is 0.425. The maximum atomic E-state index is 4.56. The normalized spacial score (nSPS) is 12.2. The highest BCUT2D eigenvalue weighted by atomic mass is 15.1. The highest BCUT2D eigenvalue weighted by Crippen LogP contribution is 2.14. The molecule has 0 unspecified atom stereocenters. The van der Waals surface area contributed by atoms with E-state index in [-0.39, 0.29) is 0 Å². The molecule has 0 saturated heterocycles. The molecule has 0 atom stereocenters. The quantitative estimate of drug-likeness (QED) is 0.775. The zero-order chi connectivity index (χ0) is 15.0. The average molecular weight is 272 g/mol. The second-order valence-electron chi connectivity index (χ2n) is 4.92. The van der Waals surface area contributed by atoms with E-state index in [1.807, 2.05) is 46.2 Å². The Hall–Kier alpha value is -1.94. The van der Waals surface area contributed by atoms with Crippen molar-refractivity contribution in [3.05, 3.63) is 48.5 Å². The smallest absolute Gasteiger partial charge is 0.145 e. The maximum absolute atomic E-state index is 4.56. The first kappa shape index (κ1) is 16.1. The third-order valence-electron chi connectivity index (χ3n) is 2.69. The number of nitrogens with zero attached hydrogens (tertiary/aromatic N) is 3. The molecule has 0 aliphatic carbocycles. The molecule has 20 heavy (non-hydrogen) atoms. The van der Waals surface area contributed by atoms with Crippen LogP contribution in [0.1, 0.15) is 19.5 Å². The number of likely N-dealkylation sites (N-methyl/N-ethyl adjacent to an activating group) is 1. The number of rotatable bonds is 7. The summed E-state index contributed by atoms with van der Waals surface area (Å²) in [6.45, 7) is 9.76. The van der Waals surface area contributed by atoms with Crippen LogP contribution in [0.15, 0.2) is 42.8 Å². The molecular formula is C16H24N4. The molecule has 0 amide bonds. The van der Waals surface area contributed by atoms with E-state index >= 15 is 0 Å². The van der Waals surface area contributed by atoms with Gasteiger partial charge in [-0.05, 0) is 39.1 Å². The Morgan fingerprint density at radius 3 is 2.80 bits per heavy atom. The van der Waals surface area contributed by atoms with E-state index < -0.39 is 0 Å². The highest BCUT2D eigenvalue weighted by Gasteiger charge is 2.01. The number of allylic oxidation sites excluding steroid dienone is 5. The van der Waals surface area contributed by atoms with Gasteiger partial charge in [-0.15, -0.1) is 0 Å². The van der Waals surface area contributed by atoms with Gasteiger partial charge in [0.15, 0.2) is 0 Å². The van der Waals surface area contributed by atoms with Crippen molar-refractivity contribution in [2.75, 3.05) is 32.5 Å². The number of hydrogen-bond acceptors (Lipinski definition) is 4. The van der Waals surface area contributed by atoms with E-state index in [0.29, 0.717) is 0 Å². The fraction of sp³-hybridized carbons (Fsp3) is 0.375. The van der Waals surface area contributed by atoms with Gasteiger partial charge in [0.1, 0.15) is 5.82 Å². The first-order valence-electron chi connectivity index (χ1n) is 6.74. The Morgan fingerprint density at radius 2 is 2.15 bits per heavy atom. The summed E-state index contributed by atoms with van der Waals surface area (Å²) in [4.78, 5) is 10.9. The lowest BCUT2D eigenvalue weighted by Gasteiger charge is -2.11. The van der Waals surface area contributed by atoms with E-state index in [1.54, 1.807) is 12.4 Å². The Balaban J connectivity index is 2.74. The fourth-order valence-electron chi connectivity index (χ4n) is 1.66. The Bertz CT molecular complexity index is 501. The van der Waals surface area contributed by atoms with E-state index in [0.717, 1.165) is 35.7 Å². The van der Waals surface area contributed by atoms with Crippen LogP contribution in [0.2, 0.25) is 0 Å². The van der Waals surface area contributed by atoms with Gasteiger partial charge >= 0.3 is 0 Å². The van der Waals surface area contributed by atoms with Gasteiger partial charge in [-0.1, -0.05) is 24.8 Å². The molecule has 0 spiro atoms. The summed E-state index contributed by atoms with van der Waals surface area (Å²) in [5.41, 5.74) is 2.88. The van der Waals surface area contributed by atoms with E-state index in [2.05, 4.69) is 26.8 Å². The van der Waals surface area contributed by atoms with Crippen LogP contribution in [0.3, 0.4) is 0 Å². The van der Waals surface area contributed by atoms with Crippen molar-refractivity contribution in [1.29, 1.82) is 0 Å². The minimum Gasteiger partial charge on any atom is -0.367 e. The first-order chi connectivity index (χ1) is 9.52. The summed E-state index contributed by atoms with van der Waals surface area (Å²) in [6.07, 6.45) is 9.46. The average Bonchev–Trinajstić information content (AvgIpc) is 2.39. The molecule has 1 N–H and O–H groups in total. The first-order valence-corrected chi connectivity index (χ1v) is 6.74. The molecule has 0 saturated carbocycles. The highest BCUT2D eigenvalue weighted by molar-refractivity contribution is 5.64. The molecule has 0 fully saturated rings. The van der Waals surface area contributed by atoms with Crippen LogP contribution in [0.5, 0.6) is 0 Å². The molecule has 4 heteroatoms. The van der Waals surface area contributed by atoms with Gasteiger partial charge < -0.3 is 10.2 Å². The fourth-order valence-corrected chi connectivity index (χ4v) is 1.66. The van der Waals surface area contributed by atoms with Crippen molar-refractivity contribution in [3.8, 4) is 0 Å². The summed E-state index contributed by atoms with van der Waals surface area (Å²) in [7, 11) is 4.09. The second-order valence-corrected chi connectivity index (χ2v) is 4.92. The van der Waals surface area contributed by atoms with Crippen LogP contribution in [0.4, 0.5) is 5.82 Å². The Labute approximate surface area is 121 Å². The maximum Gasteiger partial charge on any atom is 0.145 e. The number of aromatic nitrogens is 2. The van der Waals surface area contributed by atoms with Crippen LogP contribution in [0.25, 0.3) is 5.57 Å². The van der Waals surface area contributed by atoms with Gasteiger partial charge in [0, 0.05) is 13.1 Å². The number of nitrogens with one attached hydrogen (secondary N) is 1. The predicted molar refractivity (Wildman–Crippen MR) is 86.7 cm³/mol. The van der Waals surface area contributed by atoms with Crippen LogP contribution in [-0.2, 0) is 0 Å². The standard InChI is InChI=1S/C16H24N4/c1-6-7-13(2)10-14(3)15-11-17-12-16(19-15)18-8-9-20(4)5/h6-7,10-12H,2,8-9H2,1,3-5H3,(H,18,19)/b7-6-,14-10+. The van der Waals surface area contributed by atoms with Gasteiger partial charge in [-0.3, -0.25) is 4.98 Å². The molecule has 4 nitrogen and oxygen atoms in total. The molecule has 1 aromatic rings. The third-order valence-corrected chi connectivity index (χ3v) is 2.69.